The fraction of sp³-hybridized carbons (Fsp3) is 0.909. The van der Waals surface area contributed by atoms with Crippen LogP contribution < -0.4 is 5.32 Å². The van der Waals surface area contributed by atoms with Gasteiger partial charge in [0.15, 0.2) is 0 Å². The Balaban J connectivity index is 2.34. The molecule has 0 spiro atoms. The van der Waals surface area contributed by atoms with Gasteiger partial charge in [0.05, 0.1) is 19.3 Å². The smallest absolute Gasteiger partial charge is 0.224 e. The molecule has 1 N–H and O–H groups in total. The summed E-state index contributed by atoms with van der Waals surface area (Å²) in [7, 11) is 0. The van der Waals surface area contributed by atoms with Crippen molar-refractivity contribution in [2.75, 3.05) is 32.8 Å². The Morgan fingerprint density at radius 1 is 1.53 bits per heavy atom. The van der Waals surface area contributed by atoms with E-state index in [-0.39, 0.29) is 11.9 Å². The predicted octanol–water partition coefficient (Wildman–Crippen LogP) is 0.623. The normalized spacial score (nSPS) is 21.7. The maximum Gasteiger partial charge on any atom is 0.224 e. The zero-order chi connectivity index (χ0) is 11.1. The molecule has 1 rings (SSSR count). The summed E-state index contributed by atoms with van der Waals surface area (Å²) in [5.74, 6) is 0.256. The summed E-state index contributed by atoms with van der Waals surface area (Å²) in [6.45, 7) is 7.99. The van der Waals surface area contributed by atoms with Gasteiger partial charge in [-0.1, -0.05) is 13.8 Å². The Morgan fingerprint density at radius 2 is 2.33 bits per heavy atom. The van der Waals surface area contributed by atoms with Crippen LogP contribution in [0.2, 0.25) is 0 Å². The SMILES string of the molecule is CCNCCC(=O)N1CCOCC1CC. The highest BCUT2D eigenvalue weighted by Gasteiger charge is 2.24. The van der Waals surface area contributed by atoms with Crippen LogP contribution in [0.4, 0.5) is 0 Å². The number of rotatable bonds is 5. The van der Waals surface area contributed by atoms with E-state index < -0.39 is 0 Å². The minimum Gasteiger partial charge on any atom is -0.377 e. The van der Waals surface area contributed by atoms with Crippen LogP contribution in [0.3, 0.4) is 0 Å². The Kier molecular flexibility index (Phi) is 5.65. The highest BCUT2D eigenvalue weighted by molar-refractivity contribution is 5.76. The van der Waals surface area contributed by atoms with E-state index in [1.165, 1.54) is 0 Å². The Bertz CT molecular complexity index is 197. The van der Waals surface area contributed by atoms with E-state index in [4.69, 9.17) is 4.74 Å². The molecule has 1 fully saturated rings. The van der Waals surface area contributed by atoms with Crippen molar-refractivity contribution in [2.45, 2.75) is 32.7 Å². The standard InChI is InChI=1S/C11H22N2O2/c1-3-10-9-15-8-7-13(10)11(14)5-6-12-4-2/h10,12H,3-9H2,1-2H3. The molecule has 1 saturated heterocycles. The Hall–Kier alpha value is -0.610. The molecule has 4 heteroatoms. The van der Waals surface area contributed by atoms with Crippen molar-refractivity contribution >= 4 is 5.91 Å². The van der Waals surface area contributed by atoms with Gasteiger partial charge in [-0.05, 0) is 13.0 Å². The van der Waals surface area contributed by atoms with Crippen LogP contribution in [0, 0.1) is 0 Å². The second-order valence-corrected chi connectivity index (χ2v) is 3.83. The van der Waals surface area contributed by atoms with Crippen LogP contribution in [0.1, 0.15) is 26.7 Å². The summed E-state index contributed by atoms with van der Waals surface area (Å²) in [6, 6.07) is 0.285. The molecule has 0 saturated carbocycles. The quantitative estimate of drug-likeness (QED) is 0.682. The fourth-order valence-corrected chi connectivity index (χ4v) is 1.84. The molecule has 4 nitrogen and oxygen atoms in total. The maximum atomic E-state index is 11.9. The molecule has 15 heavy (non-hydrogen) atoms. The van der Waals surface area contributed by atoms with Gasteiger partial charge in [0.2, 0.25) is 5.91 Å². The number of carbonyl (C=O) groups excluding carboxylic acids is 1. The predicted molar refractivity (Wildman–Crippen MR) is 59.8 cm³/mol. The van der Waals surface area contributed by atoms with Gasteiger partial charge < -0.3 is 15.0 Å². The summed E-state index contributed by atoms with van der Waals surface area (Å²) >= 11 is 0. The van der Waals surface area contributed by atoms with Crippen molar-refractivity contribution in [3.05, 3.63) is 0 Å². The lowest BCUT2D eigenvalue weighted by Crippen LogP contribution is -2.48. The van der Waals surface area contributed by atoms with Crippen LogP contribution in [0.5, 0.6) is 0 Å². The largest absolute Gasteiger partial charge is 0.377 e. The van der Waals surface area contributed by atoms with Gasteiger partial charge in [0.1, 0.15) is 0 Å². The van der Waals surface area contributed by atoms with Gasteiger partial charge in [-0.3, -0.25) is 4.79 Å². The minimum absolute atomic E-state index is 0.256. The number of ether oxygens (including phenoxy) is 1. The Morgan fingerprint density at radius 3 is 3.00 bits per heavy atom. The van der Waals surface area contributed by atoms with Crippen molar-refractivity contribution in [3.8, 4) is 0 Å². The number of carbonyl (C=O) groups is 1. The van der Waals surface area contributed by atoms with Gasteiger partial charge in [-0.2, -0.15) is 0 Å². The van der Waals surface area contributed by atoms with Gasteiger partial charge in [-0.25, -0.2) is 0 Å². The summed E-state index contributed by atoms with van der Waals surface area (Å²) in [6.07, 6.45) is 1.58. The molecular formula is C11H22N2O2. The second kappa shape index (κ2) is 6.80. The summed E-state index contributed by atoms with van der Waals surface area (Å²) in [4.78, 5) is 13.8. The average Bonchev–Trinajstić information content (AvgIpc) is 2.29. The van der Waals surface area contributed by atoms with Crippen molar-refractivity contribution in [2.24, 2.45) is 0 Å². The molecule has 1 aliphatic rings. The van der Waals surface area contributed by atoms with E-state index in [0.717, 1.165) is 26.1 Å². The lowest BCUT2D eigenvalue weighted by molar-refractivity contribution is -0.139. The Labute approximate surface area is 92.0 Å². The van der Waals surface area contributed by atoms with Crippen molar-refractivity contribution in [1.82, 2.24) is 10.2 Å². The monoisotopic (exact) mass is 214 g/mol. The number of hydrogen-bond acceptors (Lipinski definition) is 3. The maximum absolute atomic E-state index is 11.9. The molecule has 0 radical (unpaired) electrons. The first-order valence-electron chi connectivity index (χ1n) is 5.87. The topological polar surface area (TPSA) is 41.6 Å². The number of nitrogens with one attached hydrogen (secondary N) is 1. The first-order valence-corrected chi connectivity index (χ1v) is 5.87. The molecule has 0 aromatic carbocycles. The molecule has 1 aliphatic heterocycles. The van der Waals surface area contributed by atoms with Crippen LogP contribution in [-0.2, 0) is 9.53 Å². The van der Waals surface area contributed by atoms with E-state index in [1.807, 2.05) is 11.8 Å². The van der Waals surface area contributed by atoms with E-state index in [9.17, 15) is 4.79 Å². The van der Waals surface area contributed by atoms with Crippen molar-refractivity contribution in [1.29, 1.82) is 0 Å². The van der Waals surface area contributed by atoms with Crippen LogP contribution in [0.15, 0.2) is 0 Å². The fourth-order valence-electron chi connectivity index (χ4n) is 1.84. The average molecular weight is 214 g/mol. The number of morpholine rings is 1. The molecule has 0 aromatic heterocycles. The third-order valence-electron chi connectivity index (χ3n) is 2.78. The molecule has 0 aliphatic carbocycles. The molecule has 0 aromatic rings. The number of amides is 1. The third-order valence-corrected chi connectivity index (χ3v) is 2.78. The summed E-state index contributed by atoms with van der Waals surface area (Å²) in [5.41, 5.74) is 0. The molecule has 88 valence electrons. The van der Waals surface area contributed by atoms with Crippen LogP contribution in [-0.4, -0.2) is 49.7 Å². The van der Waals surface area contributed by atoms with Crippen molar-refractivity contribution in [3.63, 3.8) is 0 Å². The van der Waals surface area contributed by atoms with Gasteiger partial charge >= 0.3 is 0 Å². The second-order valence-electron chi connectivity index (χ2n) is 3.83. The van der Waals surface area contributed by atoms with E-state index in [1.54, 1.807) is 0 Å². The van der Waals surface area contributed by atoms with Crippen LogP contribution >= 0.6 is 0 Å². The molecule has 1 atom stereocenters. The third kappa shape index (κ3) is 3.80. The molecule has 1 amide bonds. The number of nitrogens with zero attached hydrogens (tertiary/aromatic N) is 1. The number of hydrogen-bond donors (Lipinski definition) is 1. The highest BCUT2D eigenvalue weighted by Crippen LogP contribution is 2.11. The van der Waals surface area contributed by atoms with Gasteiger partial charge in [0, 0.05) is 19.5 Å². The van der Waals surface area contributed by atoms with E-state index in [0.29, 0.717) is 19.6 Å². The molecular weight excluding hydrogens is 192 g/mol. The van der Waals surface area contributed by atoms with Crippen molar-refractivity contribution < 1.29 is 9.53 Å². The first-order chi connectivity index (χ1) is 7.29. The first kappa shape index (κ1) is 12.5. The molecule has 1 unspecified atom stereocenters. The van der Waals surface area contributed by atoms with E-state index >= 15 is 0 Å². The lowest BCUT2D eigenvalue weighted by Gasteiger charge is -2.35. The summed E-state index contributed by atoms with van der Waals surface area (Å²) < 4.78 is 5.37. The zero-order valence-corrected chi connectivity index (χ0v) is 9.79. The zero-order valence-electron chi connectivity index (χ0n) is 9.79. The van der Waals surface area contributed by atoms with Gasteiger partial charge in [-0.15, -0.1) is 0 Å². The minimum atomic E-state index is 0.256. The van der Waals surface area contributed by atoms with Gasteiger partial charge in [0.25, 0.3) is 0 Å². The molecule has 1 heterocycles. The summed E-state index contributed by atoms with van der Waals surface area (Å²) in [5, 5.41) is 3.17. The highest BCUT2D eigenvalue weighted by atomic mass is 16.5. The lowest BCUT2D eigenvalue weighted by atomic mass is 10.1. The molecule has 0 bridgehead atoms. The van der Waals surface area contributed by atoms with Crippen LogP contribution in [0.25, 0.3) is 0 Å². The van der Waals surface area contributed by atoms with E-state index in [2.05, 4.69) is 12.2 Å².